The first-order chi connectivity index (χ1) is 6.13. The van der Waals surface area contributed by atoms with E-state index in [1.807, 2.05) is 0 Å². The Hall–Kier alpha value is -0.710. The Kier molecular flexibility index (Phi) is 3.59. The molecule has 0 aromatic carbocycles. The molecule has 1 saturated heterocycles. The fourth-order valence-electron chi connectivity index (χ4n) is 1.64. The normalized spacial score (nSPS) is 23.3. The zero-order chi connectivity index (χ0) is 9.84. The molecule has 4 nitrogen and oxygen atoms in total. The van der Waals surface area contributed by atoms with E-state index in [0.717, 1.165) is 24.5 Å². The van der Waals surface area contributed by atoms with Gasteiger partial charge in [0, 0.05) is 30.4 Å². The lowest BCUT2D eigenvalue weighted by Gasteiger charge is -2.31. The molecule has 1 aliphatic heterocycles. The van der Waals surface area contributed by atoms with E-state index in [1.165, 1.54) is 0 Å². The van der Waals surface area contributed by atoms with Crippen LogP contribution in [0.3, 0.4) is 0 Å². The molecule has 1 atom stereocenters. The van der Waals surface area contributed by atoms with Gasteiger partial charge in [-0.15, -0.1) is 0 Å². The molecule has 0 spiro atoms. The molecule has 1 fully saturated rings. The van der Waals surface area contributed by atoms with Crippen LogP contribution >= 0.6 is 12.2 Å². The van der Waals surface area contributed by atoms with Gasteiger partial charge in [-0.05, 0) is 13.3 Å². The Bertz CT molecular complexity index is 220. The largest absolute Gasteiger partial charge is 0.366 e. The van der Waals surface area contributed by atoms with Crippen LogP contribution in [-0.4, -0.2) is 34.4 Å². The van der Waals surface area contributed by atoms with E-state index in [1.54, 1.807) is 0 Å². The minimum Gasteiger partial charge on any atom is -0.366 e. The predicted molar refractivity (Wildman–Crippen MR) is 54.4 cm³/mol. The second-order valence-electron chi connectivity index (χ2n) is 3.35. The fraction of sp³-hybridized carbons (Fsp3) is 0.875. The number of hydrogen-bond donors (Lipinski definition) is 0. The third-order valence-corrected chi connectivity index (χ3v) is 2.84. The summed E-state index contributed by atoms with van der Waals surface area (Å²) in [5.74, 6) is 0.158. The zero-order valence-electron chi connectivity index (χ0n) is 7.73. The average Bonchev–Trinajstić information content (AvgIpc) is 2.03. The highest BCUT2D eigenvalue weighted by Crippen LogP contribution is 2.19. The molecule has 1 heterocycles. The van der Waals surface area contributed by atoms with E-state index in [9.17, 15) is 10.1 Å². The number of likely N-dealkylation sites (tertiary alicyclic amines) is 1. The van der Waals surface area contributed by atoms with Crippen molar-refractivity contribution in [1.82, 2.24) is 4.90 Å². The first-order valence-corrected chi connectivity index (χ1v) is 4.94. The van der Waals surface area contributed by atoms with Gasteiger partial charge in [-0.1, -0.05) is 12.2 Å². The van der Waals surface area contributed by atoms with Crippen molar-refractivity contribution >= 4 is 17.2 Å². The third kappa shape index (κ3) is 2.91. The number of piperidine rings is 1. The molecule has 1 aliphatic rings. The molecule has 0 unspecified atom stereocenters. The van der Waals surface area contributed by atoms with Gasteiger partial charge in [-0.2, -0.15) is 0 Å². The van der Waals surface area contributed by atoms with Gasteiger partial charge in [0.15, 0.2) is 0 Å². The van der Waals surface area contributed by atoms with E-state index >= 15 is 0 Å². The highest BCUT2D eigenvalue weighted by Gasteiger charge is 2.25. The Morgan fingerprint density at radius 3 is 2.92 bits per heavy atom. The first-order valence-electron chi connectivity index (χ1n) is 4.53. The molecule has 0 aromatic heterocycles. The van der Waals surface area contributed by atoms with Gasteiger partial charge in [0.2, 0.25) is 6.54 Å². The van der Waals surface area contributed by atoms with Crippen molar-refractivity contribution in [3.63, 3.8) is 0 Å². The number of rotatable bonds is 3. The van der Waals surface area contributed by atoms with Crippen LogP contribution in [0, 0.1) is 16.0 Å². The molecule has 0 saturated carbocycles. The molecule has 74 valence electrons. The smallest absolute Gasteiger partial charge is 0.207 e. The number of hydrogen-bond acceptors (Lipinski definition) is 3. The highest BCUT2D eigenvalue weighted by atomic mass is 32.1. The quantitative estimate of drug-likeness (QED) is 0.393. The summed E-state index contributed by atoms with van der Waals surface area (Å²) in [5.41, 5.74) is 0. The van der Waals surface area contributed by atoms with E-state index in [2.05, 4.69) is 11.8 Å². The Morgan fingerprint density at radius 2 is 2.46 bits per heavy atom. The van der Waals surface area contributed by atoms with Crippen LogP contribution in [0.1, 0.15) is 19.8 Å². The standard InChI is InChI=1S/C8H14N2O2S/c1-2-9-4-3-7(5-8(9)13)6-10(11)12/h7H,2-6H2,1H3/t7-/m0/s1. The molecule has 1 rings (SSSR count). The molecule has 5 heteroatoms. The SMILES string of the molecule is CCN1CC[C@H](C[N+](=O)[O-])CC1=S. The van der Waals surface area contributed by atoms with Crippen LogP contribution in [0.2, 0.25) is 0 Å². The van der Waals surface area contributed by atoms with Gasteiger partial charge < -0.3 is 4.90 Å². The molecule has 0 aromatic rings. The summed E-state index contributed by atoms with van der Waals surface area (Å²) in [6.45, 7) is 3.93. The maximum Gasteiger partial charge on any atom is 0.207 e. The number of thiocarbonyl (C=S) groups is 1. The van der Waals surface area contributed by atoms with Crippen molar-refractivity contribution in [3.05, 3.63) is 10.1 Å². The van der Waals surface area contributed by atoms with E-state index in [4.69, 9.17) is 12.2 Å². The summed E-state index contributed by atoms with van der Waals surface area (Å²) in [7, 11) is 0. The molecular formula is C8H14N2O2S. The van der Waals surface area contributed by atoms with Gasteiger partial charge in [0.1, 0.15) is 0 Å². The van der Waals surface area contributed by atoms with Gasteiger partial charge >= 0.3 is 0 Å². The van der Waals surface area contributed by atoms with Gasteiger partial charge in [0.25, 0.3) is 0 Å². The minimum atomic E-state index is -0.241. The van der Waals surface area contributed by atoms with Crippen LogP contribution in [-0.2, 0) is 0 Å². The van der Waals surface area contributed by atoms with Crippen LogP contribution in [0.15, 0.2) is 0 Å². The lowest BCUT2D eigenvalue weighted by atomic mass is 9.97. The van der Waals surface area contributed by atoms with E-state index in [-0.39, 0.29) is 17.4 Å². The third-order valence-electron chi connectivity index (χ3n) is 2.41. The van der Waals surface area contributed by atoms with Crippen LogP contribution < -0.4 is 0 Å². The van der Waals surface area contributed by atoms with Gasteiger partial charge in [-0.25, -0.2) is 0 Å². The Balaban J connectivity index is 2.41. The summed E-state index contributed by atoms with van der Waals surface area (Å²) in [5, 5.41) is 10.3. The van der Waals surface area contributed by atoms with Gasteiger partial charge in [0.05, 0.1) is 4.99 Å². The van der Waals surface area contributed by atoms with Crippen LogP contribution in [0.25, 0.3) is 0 Å². The zero-order valence-corrected chi connectivity index (χ0v) is 8.55. The second kappa shape index (κ2) is 4.50. The van der Waals surface area contributed by atoms with Crippen molar-refractivity contribution in [2.75, 3.05) is 19.6 Å². The Labute approximate surface area is 83.1 Å². The molecule has 0 aliphatic carbocycles. The van der Waals surface area contributed by atoms with Crippen molar-refractivity contribution in [1.29, 1.82) is 0 Å². The van der Waals surface area contributed by atoms with Crippen molar-refractivity contribution in [3.8, 4) is 0 Å². The maximum atomic E-state index is 10.3. The molecule has 0 N–H and O–H groups in total. The lowest BCUT2D eigenvalue weighted by Crippen LogP contribution is -2.39. The second-order valence-corrected chi connectivity index (χ2v) is 3.82. The van der Waals surface area contributed by atoms with Crippen molar-refractivity contribution < 1.29 is 4.92 Å². The monoisotopic (exact) mass is 202 g/mol. The van der Waals surface area contributed by atoms with E-state index in [0.29, 0.717) is 6.42 Å². The van der Waals surface area contributed by atoms with Crippen molar-refractivity contribution in [2.24, 2.45) is 5.92 Å². The molecule has 0 amide bonds. The summed E-state index contributed by atoms with van der Waals surface area (Å²) in [6.07, 6.45) is 1.61. The average molecular weight is 202 g/mol. The summed E-state index contributed by atoms with van der Waals surface area (Å²) in [6, 6.07) is 0. The fourth-order valence-corrected chi connectivity index (χ4v) is 2.10. The van der Waals surface area contributed by atoms with Crippen LogP contribution in [0.5, 0.6) is 0 Å². The predicted octanol–water partition coefficient (Wildman–Crippen LogP) is 1.32. The minimum absolute atomic E-state index is 0.0672. The van der Waals surface area contributed by atoms with Crippen LogP contribution in [0.4, 0.5) is 0 Å². The van der Waals surface area contributed by atoms with E-state index < -0.39 is 0 Å². The van der Waals surface area contributed by atoms with Gasteiger partial charge in [-0.3, -0.25) is 10.1 Å². The topological polar surface area (TPSA) is 46.4 Å². The lowest BCUT2D eigenvalue weighted by molar-refractivity contribution is -0.488. The Morgan fingerprint density at radius 1 is 1.77 bits per heavy atom. The van der Waals surface area contributed by atoms with Crippen molar-refractivity contribution in [2.45, 2.75) is 19.8 Å². The summed E-state index contributed by atoms with van der Waals surface area (Å²) < 4.78 is 0. The summed E-state index contributed by atoms with van der Waals surface area (Å²) >= 11 is 5.16. The highest BCUT2D eigenvalue weighted by molar-refractivity contribution is 7.80. The summed E-state index contributed by atoms with van der Waals surface area (Å²) in [4.78, 5) is 13.0. The number of nitro groups is 1. The molecule has 0 bridgehead atoms. The molecular weight excluding hydrogens is 188 g/mol. The molecule has 13 heavy (non-hydrogen) atoms. The molecule has 0 radical (unpaired) electrons. The first kappa shape index (κ1) is 10.4. The maximum absolute atomic E-state index is 10.3. The number of nitrogens with zero attached hydrogens (tertiary/aromatic N) is 2.